The van der Waals surface area contributed by atoms with Crippen molar-refractivity contribution in [3.8, 4) is 6.07 Å². The van der Waals surface area contributed by atoms with E-state index in [1.165, 1.54) is 0 Å². The van der Waals surface area contributed by atoms with Crippen molar-refractivity contribution in [3.63, 3.8) is 0 Å². The summed E-state index contributed by atoms with van der Waals surface area (Å²) in [5, 5.41) is 9.72. The van der Waals surface area contributed by atoms with Crippen molar-refractivity contribution in [1.82, 2.24) is 0 Å². The molecular weight excluding hydrogens is 478 g/mol. The van der Waals surface area contributed by atoms with Gasteiger partial charge < -0.3 is 9.64 Å². The van der Waals surface area contributed by atoms with Crippen LogP contribution in [0.5, 0.6) is 0 Å². The lowest BCUT2D eigenvalue weighted by Crippen LogP contribution is -2.34. The maximum Gasteiger partial charge on any atom is 0.265 e. The highest BCUT2D eigenvalue weighted by molar-refractivity contribution is 5.65. The summed E-state index contributed by atoms with van der Waals surface area (Å²) >= 11 is 0. The molecule has 4 aromatic rings. The van der Waals surface area contributed by atoms with Gasteiger partial charge in [0, 0.05) is 36.0 Å². The molecule has 1 aliphatic heterocycles. The van der Waals surface area contributed by atoms with E-state index in [4.69, 9.17) is 11.3 Å². The second kappa shape index (κ2) is 11.4. The fourth-order valence-electron chi connectivity index (χ4n) is 4.85. The van der Waals surface area contributed by atoms with E-state index >= 15 is 0 Å². The second-order valence-corrected chi connectivity index (χ2v) is 9.30. The minimum Gasteiger partial charge on any atom is -0.478 e. The number of benzene rings is 4. The third kappa shape index (κ3) is 5.37. The van der Waals surface area contributed by atoms with Crippen molar-refractivity contribution < 1.29 is 4.74 Å². The van der Waals surface area contributed by atoms with Crippen LogP contribution in [0.3, 0.4) is 0 Å². The molecule has 0 aromatic heterocycles. The van der Waals surface area contributed by atoms with E-state index in [2.05, 4.69) is 52.2 Å². The van der Waals surface area contributed by atoms with Crippen LogP contribution in [-0.4, -0.2) is 7.05 Å². The predicted molar refractivity (Wildman–Crippen MR) is 157 cm³/mol. The fourth-order valence-corrected chi connectivity index (χ4v) is 4.85. The molecule has 4 aromatic carbocycles. The standard InChI is InChI=1S/C35H27N3O/c1-37-34(26-36)28-24-33(23-20-27-18-21-32(22-19-27)38(2)31-16-10-5-11-17-31)39-35(25-28,29-12-6-3-7-13-29)30-14-8-4-9-15-30/h3-24H,25H2,2H3/b23-20+,34-28+. The van der Waals surface area contributed by atoms with Gasteiger partial charge in [0.05, 0.1) is 12.6 Å². The van der Waals surface area contributed by atoms with E-state index < -0.39 is 5.60 Å². The van der Waals surface area contributed by atoms with E-state index in [0.717, 1.165) is 28.1 Å². The summed E-state index contributed by atoms with van der Waals surface area (Å²) in [6.07, 6.45) is 6.10. The molecule has 0 aliphatic carbocycles. The van der Waals surface area contributed by atoms with Gasteiger partial charge in [0.25, 0.3) is 5.70 Å². The number of allylic oxidation sites excluding steroid dienone is 3. The van der Waals surface area contributed by atoms with Crippen LogP contribution in [0.25, 0.3) is 10.9 Å². The zero-order chi connectivity index (χ0) is 27.1. The Morgan fingerprint density at radius 1 is 0.821 bits per heavy atom. The third-order valence-electron chi connectivity index (χ3n) is 6.91. The predicted octanol–water partition coefficient (Wildman–Crippen LogP) is 8.41. The third-order valence-corrected chi connectivity index (χ3v) is 6.91. The lowest BCUT2D eigenvalue weighted by atomic mass is 9.79. The van der Waals surface area contributed by atoms with Gasteiger partial charge >= 0.3 is 0 Å². The summed E-state index contributed by atoms with van der Waals surface area (Å²) in [6.45, 7) is 7.61. The van der Waals surface area contributed by atoms with Gasteiger partial charge in [0.1, 0.15) is 5.76 Å². The number of nitriles is 1. The van der Waals surface area contributed by atoms with Crippen LogP contribution < -0.4 is 4.90 Å². The SMILES string of the molecule is [C-]#[N+]/C(C#N)=C1C=C(/C=C/c2ccc(N(C)c3ccccc3)cc2)OC(c2ccccc2)(c2ccccc2)C\1. The number of hydrogen-bond donors (Lipinski definition) is 0. The zero-order valence-corrected chi connectivity index (χ0v) is 21.7. The molecule has 4 heteroatoms. The quantitative estimate of drug-likeness (QED) is 0.195. The van der Waals surface area contributed by atoms with Crippen LogP contribution in [0.2, 0.25) is 0 Å². The molecular formula is C35H27N3O. The van der Waals surface area contributed by atoms with Crippen LogP contribution in [0.4, 0.5) is 11.4 Å². The average Bonchev–Trinajstić information content (AvgIpc) is 3.02. The maximum absolute atomic E-state index is 9.72. The molecule has 5 rings (SSSR count). The van der Waals surface area contributed by atoms with Crippen molar-refractivity contribution in [2.24, 2.45) is 0 Å². The minimum absolute atomic E-state index is 0.0775. The van der Waals surface area contributed by atoms with Crippen LogP contribution in [-0.2, 0) is 10.3 Å². The summed E-state index contributed by atoms with van der Waals surface area (Å²) in [5.74, 6) is 0.589. The number of nitrogens with zero attached hydrogens (tertiary/aromatic N) is 3. The molecule has 0 amide bonds. The molecule has 0 fully saturated rings. The normalized spacial score (nSPS) is 15.4. The fraction of sp³-hybridized carbons (Fsp3) is 0.0857. The summed E-state index contributed by atoms with van der Waals surface area (Å²) in [5.41, 5.74) is 5.00. The van der Waals surface area contributed by atoms with Gasteiger partial charge in [-0.1, -0.05) is 97.1 Å². The van der Waals surface area contributed by atoms with Crippen molar-refractivity contribution >= 4 is 17.5 Å². The molecule has 39 heavy (non-hydrogen) atoms. The van der Waals surface area contributed by atoms with Crippen LogP contribution in [0, 0.1) is 17.9 Å². The van der Waals surface area contributed by atoms with Crippen molar-refractivity contribution in [2.45, 2.75) is 12.0 Å². The lowest BCUT2D eigenvalue weighted by Gasteiger charge is -2.39. The minimum atomic E-state index is -0.874. The Kier molecular flexibility index (Phi) is 7.39. The molecule has 0 unspecified atom stereocenters. The van der Waals surface area contributed by atoms with Crippen LogP contribution in [0.15, 0.2) is 144 Å². The van der Waals surface area contributed by atoms with Crippen molar-refractivity contribution in [1.29, 1.82) is 5.26 Å². The van der Waals surface area contributed by atoms with Crippen molar-refractivity contribution in [2.75, 3.05) is 11.9 Å². The molecule has 0 spiro atoms. The van der Waals surface area contributed by atoms with Gasteiger partial charge in [-0.05, 0) is 47.6 Å². The number of ether oxygens (including phenoxy) is 1. The Balaban J connectivity index is 1.51. The Labute approximate surface area is 229 Å². The summed E-state index contributed by atoms with van der Waals surface area (Å²) < 4.78 is 6.78. The Hall–Kier alpha value is -5.32. The highest BCUT2D eigenvalue weighted by Gasteiger charge is 2.40. The average molecular weight is 506 g/mol. The van der Waals surface area contributed by atoms with Gasteiger partial charge in [-0.3, -0.25) is 0 Å². The molecule has 0 saturated heterocycles. The lowest BCUT2D eigenvalue weighted by molar-refractivity contribution is 0.0348. The Morgan fingerprint density at radius 3 is 1.90 bits per heavy atom. The highest BCUT2D eigenvalue weighted by atomic mass is 16.5. The first-order valence-electron chi connectivity index (χ1n) is 12.7. The monoisotopic (exact) mass is 505 g/mol. The van der Waals surface area contributed by atoms with Crippen LogP contribution in [0.1, 0.15) is 23.1 Å². The number of anilines is 2. The molecule has 0 N–H and O–H groups in total. The van der Waals surface area contributed by atoms with Crippen LogP contribution >= 0.6 is 0 Å². The Morgan fingerprint density at radius 2 is 1.36 bits per heavy atom. The molecule has 0 radical (unpaired) electrons. The van der Waals surface area contributed by atoms with E-state index in [0.29, 0.717) is 17.8 Å². The molecule has 0 atom stereocenters. The van der Waals surface area contributed by atoms with E-state index in [1.54, 1.807) is 0 Å². The van der Waals surface area contributed by atoms with Gasteiger partial charge in [-0.15, -0.1) is 0 Å². The summed E-state index contributed by atoms with van der Waals surface area (Å²) in [4.78, 5) is 5.66. The number of hydrogen-bond acceptors (Lipinski definition) is 3. The van der Waals surface area contributed by atoms with Gasteiger partial charge in [-0.2, -0.15) is 0 Å². The number of para-hydroxylation sites is 1. The van der Waals surface area contributed by atoms with Gasteiger partial charge in [0.15, 0.2) is 5.60 Å². The van der Waals surface area contributed by atoms with Crippen molar-refractivity contribution in [3.05, 3.63) is 173 Å². The zero-order valence-electron chi connectivity index (χ0n) is 21.7. The van der Waals surface area contributed by atoms with E-state index in [-0.39, 0.29) is 5.70 Å². The highest BCUT2D eigenvalue weighted by Crippen LogP contribution is 2.45. The molecule has 0 saturated carbocycles. The molecule has 0 bridgehead atoms. The van der Waals surface area contributed by atoms with Gasteiger partial charge in [-0.25, -0.2) is 10.1 Å². The van der Waals surface area contributed by atoms with E-state index in [1.807, 2.05) is 104 Å². The summed E-state index contributed by atoms with van der Waals surface area (Å²) in [6, 6.07) is 40.6. The molecule has 1 aliphatic rings. The Bertz CT molecular complexity index is 1550. The summed E-state index contributed by atoms with van der Waals surface area (Å²) in [7, 11) is 2.05. The topological polar surface area (TPSA) is 40.6 Å². The maximum atomic E-state index is 9.72. The first-order valence-corrected chi connectivity index (χ1v) is 12.7. The van der Waals surface area contributed by atoms with E-state index in [9.17, 15) is 5.26 Å². The number of rotatable bonds is 6. The molecule has 1 heterocycles. The second-order valence-electron chi connectivity index (χ2n) is 9.30. The molecule has 188 valence electrons. The molecule has 4 nitrogen and oxygen atoms in total. The van der Waals surface area contributed by atoms with Gasteiger partial charge in [0.2, 0.25) is 0 Å². The first kappa shape index (κ1) is 25.3. The smallest absolute Gasteiger partial charge is 0.265 e. The first-order chi connectivity index (χ1) is 19.1. The largest absolute Gasteiger partial charge is 0.478 e.